The number of halogens is 1. The molecule has 0 fully saturated rings. The van der Waals surface area contributed by atoms with Crippen molar-refractivity contribution in [3.05, 3.63) is 46.1 Å². The summed E-state index contributed by atoms with van der Waals surface area (Å²) in [4.78, 5) is 16.5. The molecule has 1 aliphatic rings. The van der Waals surface area contributed by atoms with Crippen LogP contribution in [0.15, 0.2) is 34.1 Å². The molecule has 8 nitrogen and oxygen atoms in total. The molecular weight excluding hydrogens is 471 g/mol. The molecule has 28 heavy (non-hydrogen) atoms. The Bertz CT molecular complexity index is 828. The highest BCUT2D eigenvalue weighted by atomic mass is 127. The van der Waals surface area contributed by atoms with Crippen LogP contribution in [0, 0.1) is 0 Å². The summed E-state index contributed by atoms with van der Waals surface area (Å²) in [5.41, 5.74) is 1.17. The molecule has 0 saturated carbocycles. The van der Waals surface area contributed by atoms with Gasteiger partial charge in [0, 0.05) is 39.6 Å². The molecule has 1 aliphatic heterocycles. The Morgan fingerprint density at radius 1 is 1.25 bits per heavy atom. The lowest BCUT2D eigenvalue weighted by molar-refractivity contribution is 0.414. The number of aryl methyl sites for hydroxylation is 2. The van der Waals surface area contributed by atoms with E-state index in [1.165, 1.54) is 0 Å². The van der Waals surface area contributed by atoms with Crippen molar-refractivity contribution in [3.8, 4) is 5.75 Å². The quantitative estimate of drug-likeness (QED) is 0.262. The molecule has 154 valence electrons. The van der Waals surface area contributed by atoms with E-state index < -0.39 is 0 Å². The van der Waals surface area contributed by atoms with Crippen molar-refractivity contribution in [1.82, 2.24) is 25.0 Å². The van der Waals surface area contributed by atoms with Crippen molar-refractivity contribution in [1.29, 1.82) is 0 Å². The van der Waals surface area contributed by atoms with Crippen molar-refractivity contribution in [3.63, 3.8) is 0 Å². The average Bonchev–Trinajstić information content (AvgIpc) is 3.04. The minimum atomic E-state index is 0. The summed E-state index contributed by atoms with van der Waals surface area (Å²) in [5.74, 6) is 2.51. The number of hydrogen-bond acceptors (Lipinski definition) is 4. The highest BCUT2D eigenvalue weighted by molar-refractivity contribution is 14.0. The number of rotatable bonds is 7. The van der Waals surface area contributed by atoms with Gasteiger partial charge in [-0.05, 0) is 37.0 Å². The number of fused-ring (bicyclic) bond motifs is 1. The van der Waals surface area contributed by atoms with E-state index in [1.807, 2.05) is 28.8 Å². The smallest absolute Gasteiger partial charge is 0.345 e. The van der Waals surface area contributed by atoms with Gasteiger partial charge in [-0.1, -0.05) is 12.1 Å². The number of aliphatic imine (C=N–C) groups is 1. The van der Waals surface area contributed by atoms with Gasteiger partial charge in [0.15, 0.2) is 5.96 Å². The summed E-state index contributed by atoms with van der Waals surface area (Å²) in [7, 11) is 3.41. The lowest BCUT2D eigenvalue weighted by Crippen LogP contribution is -2.37. The van der Waals surface area contributed by atoms with Crippen molar-refractivity contribution in [2.45, 2.75) is 45.3 Å². The summed E-state index contributed by atoms with van der Waals surface area (Å²) >= 11 is 0. The predicted molar refractivity (Wildman–Crippen MR) is 121 cm³/mol. The second kappa shape index (κ2) is 11.1. The van der Waals surface area contributed by atoms with Crippen LogP contribution in [0.25, 0.3) is 0 Å². The maximum absolute atomic E-state index is 12.3. The van der Waals surface area contributed by atoms with Gasteiger partial charge in [0.25, 0.3) is 0 Å². The van der Waals surface area contributed by atoms with Crippen LogP contribution in [-0.4, -0.2) is 41.0 Å². The van der Waals surface area contributed by atoms with Crippen LogP contribution in [0.3, 0.4) is 0 Å². The van der Waals surface area contributed by atoms with Crippen LogP contribution in [0.4, 0.5) is 0 Å². The van der Waals surface area contributed by atoms with E-state index in [2.05, 4.69) is 20.7 Å². The zero-order valence-corrected chi connectivity index (χ0v) is 18.8. The molecule has 9 heteroatoms. The van der Waals surface area contributed by atoms with Gasteiger partial charge >= 0.3 is 5.69 Å². The van der Waals surface area contributed by atoms with Gasteiger partial charge in [-0.25, -0.2) is 9.48 Å². The SMILES string of the molecule is CN=C(NCCCn1nc2n(c1=O)CCCC2)NCc1ccc(OC)cc1.I. The van der Waals surface area contributed by atoms with Crippen LogP contribution >= 0.6 is 24.0 Å². The number of ether oxygens (including phenoxy) is 1. The van der Waals surface area contributed by atoms with Gasteiger partial charge in [0.2, 0.25) is 0 Å². The van der Waals surface area contributed by atoms with Crippen molar-refractivity contribution in [2.75, 3.05) is 20.7 Å². The maximum Gasteiger partial charge on any atom is 0.345 e. The molecule has 1 aromatic carbocycles. The molecule has 0 saturated heterocycles. The summed E-state index contributed by atoms with van der Waals surface area (Å²) in [5, 5.41) is 11.0. The van der Waals surface area contributed by atoms with Crippen molar-refractivity contribution in [2.24, 2.45) is 4.99 Å². The highest BCUT2D eigenvalue weighted by Gasteiger charge is 2.16. The Balaban J connectivity index is 0.00000280. The number of aromatic nitrogens is 3. The molecule has 0 bridgehead atoms. The molecule has 0 aliphatic carbocycles. The lowest BCUT2D eigenvalue weighted by atomic mass is 10.2. The Morgan fingerprint density at radius 3 is 2.71 bits per heavy atom. The third kappa shape index (κ3) is 5.73. The van der Waals surface area contributed by atoms with E-state index in [1.54, 1.807) is 18.8 Å². The number of hydrogen-bond donors (Lipinski definition) is 2. The van der Waals surface area contributed by atoms with Crippen LogP contribution in [-0.2, 0) is 26.1 Å². The monoisotopic (exact) mass is 500 g/mol. The van der Waals surface area contributed by atoms with E-state index in [0.29, 0.717) is 13.1 Å². The van der Waals surface area contributed by atoms with Crippen LogP contribution in [0.5, 0.6) is 5.75 Å². The van der Waals surface area contributed by atoms with E-state index >= 15 is 0 Å². The molecule has 0 spiro atoms. The fourth-order valence-corrected chi connectivity index (χ4v) is 3.18. The molecule has 3 rings (SSSR count). The molecule has 0 atom stereocenters. The topological polar surface area (TPSA) is 85.5 Å². The Kier molecular flexibility index (Phi) is 8.81. The van der Waals surface area contributed by atoms with Gasteiger partial charge in [0.05, 0.1) is 7.11 Å². The Morgan fingerprint density at radius 2 is 2.04 bits per heavy atom. The fourth-order valence-electron chi connectivity index (χ4n) is 3.18. The first-order chi connectivity index (χ1) is 13.2. The second-order valence-corrected chi connectivity index (χ2v) is 6.58. The minimum Gasteiger partial charge on any atom is -0.497 e. The normalized spacial score (nSPS) is 13.4. The van der Waals surface area contributed by atoms with Crippen molar-refractivity contribution >= 4 is 29.9 Å². The van der Waals surface area contributed by atoms with Crippen LogP contribution in [0.2, 0.25) is 0 Å². The summed E-state index contributed by atoms with van der Waals surface area (Å²) in [6.45, 7) is 2.81. The number of benzene rings is 1. The number of guanidine groups is 1. The predicted octanol–water partition coefficient (Wildman–Crippen LogP) is 1.76. The van der Waals surface area contributed by atoms with Crippen LogP contribution in [0.1, 0.15) is 30.7 Å². The highest BCUT2D eigenvalue weighted by Crippen LogP contribution is 2.11. The Labute approximate surface area is 182 Å². The van der Waals surface area contributed by atoms with E-state index in [0.717, 1.165) is 61.9 Å². The lowest BCUT2D eigenvalue weighted by Gasteiger charge is -2.12. The minimum absolute atomic E-state index is 0. The van der Waals surface area contributed by atoms with E-state index in [9.17, 15) is 4.79 Å². The van der Waals surface area contributed by atoms with Crippen molar-refractivity contribution < 1.29 is 4.74 Å². The zero-order valence-electron chi connectivity index (χ0n) is 16.5. The number of methoxy groups -OCH3 is 1. The number of nitrogens with zero attached hydrogens (tertiary/aromatic N) is 4. The average molecular weight is 500 g/mol. The molecule has 2 aromatic rings. The van der Waals surface area contributed by atoms with Gasteiger partial charge < -0.3 is 15.4 Å². The third-order valence-corrected chi connectivity index (χ3v) is 4.71. The first-order valence-corrected chi connectivity index (χ1v) is 9.45. The summed E-state index contributed by atoms with van der Waals surface area (Å²) in [6.07, 6.45) is 3.90. The first kappa shape index (κ1) is 22.3. The van der Waals surface area contributed by atoms with Crippen LogP contribution < -0.4 is 21.1 Å². The summed E-state index contributed by atoms with van der Waals surface area (Å²) < 4.78 is 8.57. The molecule has 0 radical (unpaired) electrons. The molecule has 0 amide bonds. The van der Waals surface area contributed by atoms with E-state index in [-0.39, 0.29) is 29.7 Å². The van der Waals surface area contributed by atoms with Gasteiger partial charge in [-0.3, -0.25) is 9.56 Å². The van der Waals surface area contributed by atoms with Gasteiger partial charge in [0.1, 0.15) is 11.6 Å². The molecule has 0 unspecified atom stereocenters. The van der Waals surface area contributed by atoms with Gasteiger partial charge in [-0.15, -0.1) is 24.0 Å². The molecule has 1 aromatic heterocycles. The zero-order chi connectivity index (χ0) is 19.1. The largest absolute Gasteiger partial charge is 0.497 e. The standard InChI is InChI=1S/C19H28N6O2.HI/c1-20-18(22-14-15-7-9-16(27-2)10-8-15)21-11-5-13-25-19(26)24-12-4-3-6-17(24)23-25;/h7-10H,3-6,11-14H2,1-2H3,(H2,20,21,22);1H. The molecular formula is C19H29IN6O2. The van der Waals surface area contributed by atoms with E-state index in [4.69, 9.17) is 4.74 Å². The molecule has 2 N–H and O–H groups in total. The summed E-state index contributed by atoms with van der Waals surface area (Å²) in [6, 6.07) is 7.92. The second-order valence-electron chi connectivity index (χ2n) is 6.58. The molecule has 2 heterocycles. The fraction of sp³-hybridized carbons (Fsp3) is 0.526. The maximum atomic E-state index is 12.3. The third-order valence-electron chi connectivity index (χ3n) is 4.71. The first-order valence-electron chi connectivity index (χ1n) is 9.45. The Hall–Kier alpha value is -2.04. The van der Waals surface area contributed by atoms with Gasteiger partial charge in [-0.2, -0.15) is 5.10 Å². The number of nitrogens with one attached hydrogen (secondary N) is 2.